The molecule has 174 valence electrons. The van der Waals surface area contributed by atoms with Crippen LogP contribution in [0.25, 0.3) is 0 Å². The second-order valence-electron chi connectivity index (χ2n) is 8.70. The summed E-state index contributed by atoms with van der Waals surface area (Å²) in [4.78, 5) is 0. The summed E-state index contributed by atoms with van der Waals surface area (Å²) in [5.41, 5.74) is 0. The van der Waals surface area contributed by atoms with Crippen molar-refractivity contribution >= 4 is 45.1 Å². The molecule has 0 aromatic heterocycles. The van der Waals surface area contributed by atoms with E-state index in [1.807, 2.05) is 0 Å². The average Bonchev–Trinajstić information content (AvgIpc) is 2.71. The molecule has 0 aliphatic rings. The molecular weight excluding hydrogens is 458 g/mol. The second kappa shape index (κ2) is 26.8. The number of nitrogens with one attached hydrogen (secondary N) is 1. The van der Waals surface area contributed by atoms with Crippen LogP contribution < -0.4 is 5.32 Å². The van der Waals surface area contributed by atoms with Gasteiger partial charge < -0.3 is 5.32 Å². The van der Waals surface area contributed by atoms with Gasteiger partial charge in [-0.25, -0.2) is 0 Å². The van der Waals surface area contributed by atoms with Crippen LogP contribution in [0.4, 0.5) is 0 Å². The molecule has 0 aliphatic heterocycles. The maximum absolute atomic E-state index is 4.88. The molecule has 0 rings (SSSR count). The summed E-state index contributed by atoms with van der Waals surface area (Å²) in [6, 6.07) is 0. The van der Waals surface area contributed by atoms with Crippen LogP contribution in [0.1, 0.15) is 141 Å². The molecule has 1 nitrogen and oxygen atoms in total. The number of rotatable bonds is 24. The summed E-state index contributed by atoms with van der Waals surface area (Å²) >= 11 is 12.5. The Morgan fingerprint density at radius 3 is 0.966 bits per heavy atom. The Labute approximate surface area is 202 Å². The van der Waals surface area contributed by atoms with Crippen LogP contribution in [0.15, 0.2) is 0 Å². The normalized spacial score (nSPS) is 11.1. The Bertz CT molecular complexity index is 326. The van der Waals surface area contributed by atoms with Crippen molar-refractivity contribution in [3.63, 3.8) is 0 Å². The molecule has 0 fully saturated rings. The van der Waals surface area contributed by atoms with E-state index in [1.165, 1.54) is 147 Å². The largest absolute Gasteiger partial charge is 0.371 e. The van der Waals surface area contributed by atoms with Gasteiger partial charge in [0.15, 0.2) is 0 Å². The molecule has 0 amide bonds. The van der Waals surface area contributed by atoms with Gasteiger partial charge in [0, 0.05) is 11.9 Å². The number of alkyl halides is 1. The molecule has 0 radical (unpaired) electrons. The Morgan fingerprint density at radius 2 is 0.724 bits per heavy atom. The molecule has 0 spiro atoms. The second-order valence-corrected chi connectivity index (χ2v) is 10.7. The highest BCUT2D eigenvalue weighted by Crippen LogP contribution is 2.15. The average molecular weight is 509 g/mol. The fraction of sp³-hybridized carbons (Fsp3) is 0.960. The number of halogens is 1. The van der Waals surface area contributed by atoms with Crippen LogP contribution in [0.3, 0.4) is 0 Å². The number of thiol groups is 1. The lowest BCUT2D eigenvalue weighted by atomic mass is 10.0. The van der Waals surface area contributed by atoms with Crippen LogP contribution in [-0.4, -0.2) is 16.2 Å². The first-order chi connectivity index (χ1) is 14.3. The maximum atomic E-state index is 4.88. The number of unbranched alkanes of at least 4 members (excludes halogenated alkanes) is 21. The first-order valence-corrected chi connectivity index (χ1v) is 14.8. The number of hydrogen-bond donors (Lipinski definition) is 2. The highest BCUT2D eigenvalue weighted by atomic mass is 79.9. The zero-order chi connectivity index (χ0) is 21.3. The number of thiocarbonyl (C=S) groups is 1. The molecule has 0 aromatic rings. The van der Waals surface area contributed by atoms with Crippen LogP contribution in [0, 0.1) is 0 Å². The molecule has 29 heavy (non-hydrogen) atoms. The lowest BCUT2D eigenvalue weighted by Gasteiger charge is -2.05. The zero-order valence-corrected chi connectivity index (χ0v) is 22.5. The highest BCUT2D eigenvalue weighted by molar-refractivity contribution is 9.09. The van der Waals surface area contributed by atoms with Gasteiger partial charge in [-0.2, -0.15) is 0 Å². The van der Waals surface area contributed by atoms with E-state index in [-0.39, 0.29) is 0 Å². The van der Waals surface area contributed by atoms with E-state index in [0.717, 1.165) is 6.54 Å². The molecular formula is C25H50BrNS2. The molecule has 4 heteroatoms. The van der Waals surface area contributed by atoms with Crippen molar-refractivity contribution in [1.82, 2.24) is 5.32 Å². The van der Waals surface area contributed by atoms with E-state index in [1.54, 1.807) is 0 Å². The Hall–Kier alpha value is 0.720. The fourth-order valence-corrected chi connectivity index (χ4v) is 4.56. The van der Waals surface area contributed by atoms with Gasteiger partial charge in [0.05, 0.1) is 0 Å². The number of hydrogen-bond acceptors (Lipinski definition) is 1. The van der Waals surface area contributed by atoms with E-state index in [2.05, 4.69) is 33.9 Å². The highest BCUT2D eigenvalue weighted by Gasteiger charge is 1.96. The van der Waals surface area contributed by atoms with Gasteiger partial charge in [-0.3, -0.25) is 0 Å². The zero-order valence-electron chi connectivity index (χ0n) is 19.2. The van der Waals surface area contributed by atoms with Gasteiger partial charge in [-0.15, -0.1) is 12.6 Å². The third-order valence-corrected chi connectivity index (χ3v) is 6.70. The van der Waals surface area contributed by atoms with Crippen molar-refractivity contribution in [3.8, 4) is 0 Å². The van der Waals surface area contributed by atoms with Gasteiger partial charge >= 0.3 is 0 Å². The minimum absolute atomic E-state index is 0.627. The fourth-order valence-electron chi connectivity index (χ4n) is 3.95. The van der Waals surface area contributed by atoms with Gasteiger partial charge in [-0.1, -0.05) is 157 Å². The van der Waals surface area contributed by atoms with Crippen molar-refractivity contribution in [2.24, 2.45) is 0 Å². The predicted molar refractivity (Wildman–Crippen MR) is 145 cm³/mol. The van der Waals surface area contributed by atoms with E-state index >= 15 is 0 Å². The molecule has 0 saturated carbocycles. The SMILES string of the molecule is S=C(S)NCCCCCCCCCCCCCCCCCCCCCCCCBr. The molecule has 0 unspecified atom stereocenters. The van der Waals surface area contributed by atoms with Crippen molar-refractivity contribution in [2.45, 2.75) is 141 Å². The first-order valence-electron chi connectivity index (χ1n) is 12.8. The minimum atomic E-state index is 0.627. The smallest absolute Gasteiger partial charge is 0.130 e. The molecule has 0 aliphatic carbocycles. The molecule has 0 atom stereocenters. The monoisotopic (exact) mass is 507 g/mol. The standard InChI is InChI=1S/C25H50BrNS2/c26-23-21-19-17-15-13-11-9-7-5-3-1-2-4-6-8-10-12-14-16-18-20-22-24-27-25(28)29/h1-24H2,(H2,27,28,29). The molecule has 0 aromatic carbocycles. The maximum Gasteiger partial charge on any atom is 0.130 e. The summed E-state index contributed by atoms with van der Waals surface area (Å²) in [5, 5.41) is 4.28. The van der Waals surface area contributed by atoms with Crippen molar-refractivity contribution in [2.75, 3.05) is 11.9 Å². The van der Waals surface area contributed by atoms with Gasteiger partial charge in [-0.05, 0) is 12.8 Å². The molecule has 0 bridgehead atoms. The summed E-state index contributed by atoms with van der Waals surface area (Å²) in [6.45, 7) is 0.986. The Kier molecular flexibility index (Phi) is 27.4. The summed E-state index contributed by atoms with van der Waals surface area (Å²) < 4.78 is 0.627. The van der Waals surface area contributed by atoms with Crippen LogP contribution >= 0.6 is 40.8 Å². The third-order valence-electron chi connectivity index (χ3n) is 5.84. The Balaban J connectivity index is 2.99. The van der Waals surface area contributed by atoms with Crippen molar-refractivity contribution in [1.29, 1.82) is 0 Å². The van der Waals surface area contributed by atoms with E-state index in [4.69, 9.17) is 12.2 Å². The van der Waals surface area contributed by atoms with Crippen LogP contribution in [0.2, 0.25) is 0 Å². The summed E-state index contributed by atoms with van der Waals surface area (Å²) in [7, 11) is 0. The summed E-state index contributed by atoms with van der Waals surface area (Å²) in [5.74, 6) is 0. The van der Waals surface area contributed by atoms with Crippen molar-refractivity contribution < 1.29 is 0 Å². The van der Waals surface area contributed by atoms with Gasteiger partial charge in [0.1, 0.15) is 4.32 Å². The molecule has 1 N–H and O–H groups in total. The lowest BCUT2D eigenvalue weighted by molar-refractivity contribution is 0.519. The van der Waals surface area contributed by atoms with E-state index in [0.29, 0.717) is 4.32 Å². The Morgan fingerprint density at radius 1 is 0.483 bits per heavy atom. The van der Waals surface area contributed by atoms with E-state index in [9.17, 15) is 0 Å². The molecule has 0 saturated heterocycles. The quantitative estimate of drug-likeness (QED) is 0.0582. The predicted octanol–water partition coefficient (Wildman–Crippen LogP) is 9.77. The van der Waals surface area contributed by atoms with E-state index < -0.39 is 0 Å². The van der Waals surface area contributed by atoms with Crippen LogP contribution in [-0.2, 0) is 0 Å². The summed E-state index contributed by atoms with van der Waals surface area (Å²) in [6.07, 6.45) is 31.4. The minimum Gasteiger partial charge on any atom is -0.371 e. The lowest BCUT2D eigenvalue weighted by Crippen LogP contribution is -2.17. The van der Waals surface area contributed by atoms with Crippen molar-refractivity contribution in [3.05, 3.63) is 0 Å². The van der Waals surface area contributed by atoms with Crippen LogP contribution in [0.5, 0.6) is 0 Å². The van der Waals surface area contributed by atoms with Gasteiger partial charge in [0.2, 0.25) is 0 Å². The third kappa shape index (κ3) is 28.7. The molecule has 0 heterocycles. The first kappa shape index (κ1) is 29.7. The van der Waals surface area contributed by atoms with Gasteiger partial charge in [0.25, 0.3) is 0 Å². The topological polar surface area (TPSA) is 12.0 Å².